The maximum atomic E-state index is 12.2. The van der Waals surface area contributed by atoms with Crippen LogP contribution in [0.25, 0.3) is 0 Å². The van der Waals surface area contributed by atoms with Gasteiger partial charge >= 0.3 is 0 Å². The normalized spacial score (nSPS) is 34.5. The molecule has 1 saturated heterocycles. The van der Waals surface area contributed by atoms with Gasteiger partial charge in [0.05, 0.1) is 18.1 Å². The third kappa shape index (κ3) is 2.34. The summed E-state index contributed by atoms with van der Waals surface area (Å²) in [6, 6.07) is 8.62. The van der Waals surface area contributed by atoms with Crippen LogP contribution in [-0.4, -0.2) is 19.0 Å². The van der Waals surface area contributed by atoms with E-state index in [9.17, 15) is 4.79 Å². The van der Waals surface area contributed by atoms with Gasteiger partial charge in [-0.2, -0.15) is 0 Å². The van der Waals surface area contributed by atoms with Gasteiger partial charge in [-0.15, -0.1) is 0 Å². The lowest BCUT2D eigenvalue weighted by Crippen LogP contribution is -2.43. The fourth-order valence-corrected chi connectivity index (χ4v) is 4.14. The molecule has 118 valence electrons. The van der Waals surface area contributed by atoms with Crippen molar-refractivity contribution >= 4 is 6.29 Å². The molecule has 2 nitrogen and oxygen atoms in total. The molecule has 2 heteroatoms. The number of carbonyl (C=O) groups excluding carboxylic acids is 1. The molecule has 4 atom stereocenters. The molecule has 1 aliphatic heterocycles. The van der Waals surface area contributed by atoms with Crippen LogP contribution >= 0.6 is 0 Å². The Bertz CT molecular complexity index is 579. The number of allylic oxidation sites excluding steroid dienone is 1. The second-order valence-electron chi connectivity index (χ2n) is 7.98. The van der Waals surface area contributed by atoms with Crippen molar-refractivity contribution in [1.29, 1.82) is 0 Å². The predicted octanol–water partition coefficient (Wildman–Crippen LogP) is 4.28. The Morgan fingerprint density at radius 1 is 1.23 bits per heavy atom. The zero-order chi connectivity index (χ0) is 16.0. The van der Waals surface area contributed by atoms with Crippen LogP contribution in [0.15, 0.2) is 36.4 Å². The molecule has 2 aliphatic rings. The molecular formula is C20H26O2. The summed E-state index contributed by atoms with van der Waals surface area (Å²) in [7, 11) is 0. The molecular weight excluding hydrogens is 272 g/mol. The van der Waals surface area contributed by atoms with E-state index in [1.54, 1.807) is 0 Å². The smallest absolute Gasteiger partial charge is 0.129 e. The van der Waals surface area contributed by atoms with E-state index >= 15 is 0 Å². The maximum absolute atomic E-state index is 12.2. The molecule has 0 saturated carbocycles. The fraction of sp³-hybridized carbons (Fsp3) is 0.550. The molecule has 22 heavy (non-hydrogen) atoms. The first-order chi connectivity index (χ1) is 10.4. The van der Waals surface area contributed by atoms with Crippen LogP contribution in [0, 0.1) is 23.7 Å². The number of aryl methyl sites for hydroxylation is 1. The summed E-state index contributed by atoms with van der Waals surface area (Å²) >= 11 is 0. The lowest BCUT2D eigenvalue weighted by Gasteiger charge is -2.41. The molecule has 1 fully saturated rings. The lowest BCUT2D eigenvalue weighted by molar-refractivity contribution is -0.118. The van der Waals surface area contributed by atoms with Crippen molar-refractivity contribution in [1.82, 2.24) is 0 Å². The summed E-state index contributed by atoms with van der Waals surface area (Å²) in [6.07, 6.45) is 6.66. The van der Waals surface area contributed by atoms with E-state index in [0.717, 1.165) is 6.42 Å². The van der Waals surface area contributed by atoms with Crippen molar-refractivity contribution in [3.63, 3.8) is 0 Å². The minimum absolute atomic E-state index is 0.0366. The van der Waals surface area contributed by atoms with E-state index in [2.05, 4.69) is 64.1 Å². The summed E-state index contributed by atoms with van der Waals surface area (Å²) in [4.78, 5) is 12.2. The molecule has 1 aromatic rings. The largest absolute Gasteiger partial charge is 0.376 e. The van der Waals surface area contributed by atoms with Crippen LogP contribution in [0.1, 0.15) is 44.2 Å². The van der Waals surface area contributed by atoms with Crippen LogP contribution in [0.5, 0.6) is 0 Å². The van der Waals surface area contributed by atoms with Gasteiger partial charge in [-0.25, -0.2) is 0 Å². The number of hydrogen-bond acceptors (Lipinski definition) is 2. The third-order valence-electron chi connectivity index (χ3n) is 5.38. The van der Waals surface area contributed by atoms with Crippen molar-refractivity contribution in [2.75, 3.05) is 6.61 Å². The molecule has 0 radical (unpaired) electrons. The van der Waals surface area contributed by atoms with Crippen LogP contribution in [0.4, 0.5) is 0 Å². The quantitative estimate of drug-likeness (QED) is 0.601. The highest BCUT2D eigenvalue weighted by Crippen LogP contribution is 2.55. The predicted molar refractivity (Wildman–Crippen MR) is 88.9 cm³/mol. The van der Waals surface area contributed by atoms with E-state index in [1.807, 2.05) is 0 Å². The van der Waals surface area contributed by atoms with Crippen molar-refractivity contribution in [3.05, 3.63) is 47.5 Å². The Hall–Kier alpha value is -1.41. The van der Waals surface area contributed by atoms with E-state index in [1.165, 1.54) is 17.4 Å². The zero-order valence-electron chi connectivity index (χ0n) is 14.0. The fourth-order valence-electron chi connectivity index (χ4n) is 4.14. The molecule has 0 bridgehead atoms. The number of carbonyl (C=O) groups is 1. The van der Waals surface area contributed by atoms with Gasteiger partial charge in [0.2, 0.25) is 0 Å². The SMILES string of the molecule is Cc1ccc([C@@H]2CC=C[C@@H]3[C@@H](C(C)(C)C)OC[C@@]32C=O)cc1. The van der Waals surface area contributed by atoms with Gasteiger partial charge in [-0.3, -0.25) is 0 Å². The monoisotopic (exact) mass is 298 g/mol. The number of aldehydes is 1. The number of fused-ring (bicyclic) bond motifs is 1. The highest BCUT2D eigenvalue weighted by atomic mass is 16.5. The van der Waals surface area contributed by atoms with Gasteiger partial charge in [0.1, 0.15) is 6.29 Å². The van der Waals surface area contributed by atoms with Gasteiger partial charge < -0.3 is 9.53 Å². The van der Waals surface area contributed by atoms with E-state index in [-0.39, 0.29) is 23.4 Å². The molecule has 0 amide bonds. The van der Waals surface area contributed by atoms with Gasteiger partial charge in [-0.1, -0.05) is 62.8 Å². The molecule has 1 aromatic carbocycles. The van der Waals surface area contributed by atoms with Crippen molar-refractivity contribution < 1.29 is 9.53 Å². The van der Waals surface area contributed by atoms with E-state index < -0.39 is 5.41 Å². The number of hydrogen-bond donors (Lipinski definition) is 0. The van der Waals surface area contributed by atoms with Crippen molar-refractivity contribution in [2.45, 2.75) is 46.1 Å². The van der Waals surface area contributed by atoms with Crippen molar-refractivity contribution in [3.8, 4) is 0 Å². The lowest BCUT2D eigenvalue weighted by atomic mass is 9.59. The number of rotatable bonds is 2. The van der Waals surface area contributed by atoms with Gasteiger partial charge in [-0.05, 0) is 24.3 Å². The van der Waals surface area contributed by atoms with Crippen LogP contribution in [-0.2, 0) is 9.53 Å². The molecule has 1 heterocycles. The summed E-state index contributed by atoms with van der Waals surface area (Å²) in [5, 5.41) is 0. The summed E-state index contributed by atoms with van der Waals surface area (Å²) < 4.78 is 6.15. The highest BCUT2D eigenvalue weighted by molar-refractivity contribution is 5.65. The van der Waals surface area contributed by atoms with Gasteiger partial charge in [0.15, 0.2) is 0 Å². The molecule has 0 spiro atoms. The van der Waals surface area contributed by atoms with Crippen LogP contribution in [0.3, 0.4) is 0 Å². The highest BCUT2D eigenvalue weighted by Gasteiger charge is 2.57. The van der Waals surface area contributed by atoms with Gasteiger partial charge in [0, 0.05) is 11.8 Å². The molecule has 3 rings (SSSR count). The number of benzene rings is 1. The summed E-state index contributed by atoms with van der Waals surface area (Å²) in [6.45, 7) is 9.22. The molecule has 1 aliphatic carbocycles. The Balaban J connectivity index is 2.02. The van der Waals surface area contributed by atoms with E-state index in [0.29, 0.717) is 6.61 Å². The average molecular weight is 298 g/mol. The minimum atomic E-state index is -0.415. The van der Waals surface area contributed by atoms with Gasteiger partial charge in [0.25, 0.3) is 0 Å². The van der Waals surface area contributed by atoms with Crippen LogP contribution < -0.4 is 0 Å². The van der Waals surface area contributed by atoms with Crippen molar-refractivity contribution in [2.24, 2.45) is 16.7 Å². The minimum Gasteiger partial charge on any atom is -0.376 e. The number of ether oxygens (including phenoxy) is 1. The molecule has 0 aromatic heterocycles. The topological polar surface area (TPSA) is 26.3 Å². The first kappa shape index (κ1) is 15.5. The second-order valence-corrected chi connectivity index (χ2v) is 7.98. The summed E-state index contributed by atoms with van der Waals surface area (Å²) in [5.74, 6) is 0.387. The summed E-state index contributed by atoms with van der Waals surface area (Å²) in [5.41, 5.74) is 2.13. The van der Waals surface area contributed by atoms with Crippen LogP contribution in [0.2, 0.25) is 0 Å². The van der Waals surface area contributed by atoms with E-state index in [4.69, 9.17) is 4.74 Å². The molecule has 0 N–H and O–H groups in total. The Labute approximate surface area is 133 Å². The Kier molecular flexibility index (Phi) is 3.76. The third-order valence-corrected chi connectivity index (χ3v) is 5.38. The molecule has 0 unspecified atom stereocenters. The first-order valence-corrected chi connectivity index (χ1v) is 8.19. The Morgan fingerprint density at radius 2 is 1.91 bits per heavy atom. The maximum Gasteiger partial charge on any atom is 0.129 e. The standard InChI is InChI=1S/C20H26O2/c1-14-8-10-15(11-9-14)16-6-5-7-17-18(19(2,3)4)22-13-20(16,17)12-21/h5,7-12,16-18H,6,13H2,1-4H3/t16-,17+,18-,20+/m0/s1. The Morgan fingerprint density at radius 3 is 2.50 bits per heavy atom. The zero-order valence-corrected chi connectivity index (χ0v) is 14.0. The second kappa shape index (κ2) is 5.34. The average Bonchev–Trinajstić information content (AvgIpc) is 2.88. The first-order valence-electron chi connectivity index (χ1n) is 8.19.